The Labute approximate surface area is 199 Å². The largest absolute Gasteiger partial charge is 0.265 e. The van der Waals surface area contributed by atoms with Gasteiger partial charge in [-0.15, -0.1) is 0 Å². The number of benzene rings is 2. The van der Waals surface area contributed by atoms with Crippen LogP contribution in [-0.4, -0.2) is 9.97 Å². The van der Waals surface area contributed by atoms with E-state index in [4.69, 9.17) is 0 Å². The number of rotatable bonds is 6. The summed E-state index contributed by atoms with van der Waals surface area (Å²) in [5.41, 5.74) is -3.84. The van der Waals surface area contributed by atoms with E-state index in [0.29, 0.717) is 23.3 Å². The van der Waals surface area contributed by atoms with Gasteiger partial charge in [0.1, 0.15) is 0 Å². The lowest BCUT2D eigenvalue weighted by molar-refractivity contribution is 0.438. The maximum absolute atomic E-state index is 14.6. The lowest BCUT2D eigenvalue weighted by Crippen LogP contribution is -2.08. The van der Waals surface area contributed by atoms with Crippen LogP contribution in [0.2, 0.25) is 0 Å². The van der Waals surface area contributed by atoms with Gasteiger partial charge in [-0.05, 0) is 47.5 Å². The van der Waals surface area contributed by atoms with E-state index in [9.17, 15) is 35.1 Å². The molecule has 2 heterocycles. The van der Waals surface area contributed by atoms with Crippen LogP contribution in [-0.2, 0) is 12.8 Å². The molecule has 0 spiro atoms. The Hall–Kier alpha value is -4.08. The summed E-state index contributed by atoms with van der Waals surface area (Å²) in [6, 6.07) is 5.54. The van der Waals surface area contributed by atoms with Crippen LogP contribution in [0.15, 0.2) is 49.1 Å². The van der Waals surface area contributed by atoms with E-state index in [1.165, 1.54) is 49.1 Å². The lowest BCUT2D eigenvalue weighted by Gasteiger charge is -2.11. The Bertz CT molecular complexity index is 1290. The summed E-state index contributed by atoms with van der Waals surface area (Å²) in [7, 11) is 0. The molecule has 0 bridgehead atoms. The minimum atomic E-state index is -1.84. The average molecular weight is 506 g/mol. The third-order valence-corrected chi connectivity index (χ3v) is 5.45. The van der Waals surface area contributed by atoms with E-state index in [0.717, 1.165) is 0 Å². The summed E-state index contributed by atoms with van der Waals surface area (Å²) in [6.07, 6.45) is 4.87. The van der Waals surface area contributed by atoms with Gasteiger partial charge in [0.2, 0.25) is 0 Å². The zero-order chi connectivity index (χ0) is 26.0. The van der Waals surface area contributed by atoms with Gasteiger partial charge in [0.15, 0.2) is 46.5 Å². The summed E-state index contributed by atoms with van der Waals surface area (Å²) in [5.74, 6) is -14.3. The first-order valence-corrected chi connectivity index (χ1v) is 10.4. The van der Waals surface area contributed by atoms with E-state index in [1.54, 1.807) is 0 Å². The molecule has 0 radical (unpaired) electrons. The van der Waals surface area contributed by atoms with Gasteiger partial charge in [0.25, 0.3) is 0 Å². The third kappa shape index (κ3) is 4.71. The van der Waals surface area contributed by atoms with Crippen molar-refractivity contribution in [2.75, 3.05) is 0 Å². The third-order valence-electron chi connectivity index (χ3n) is 5.45. The van der Waals surface area contributed by atoms with Crippen molar-refractivity contribution in [2.24, 2.45) is 0 Å². The second-order valence-electron chi connectivity index (χ2n) is 7.69. The van der Waals surface area contributed by atoms with Crippen molar-refractivity contribution in [3.63, 3.8) is 0 Å². The van der Waals surface area contributed by atoms with Crippen molar-refractivity contribution in [3.8, 4) is 0 Å². The van der Waals surface area contributed by atoms with Crippen molar-refractivity contribution in [3.05, 3.63) is 129 Å². The Balaban J connectivity index is 1.73. The summed E-state index contributed by atoms with van der Waals surface area (Å²) >= 11 is 0. The first kappa shape index (κ1) is 25.0. The molecule has 4 aromatic rings. The molecule has 2 aromatic carbocycles. The molecular formula is C26H14F8N2. The highest BCUT2D eigenvalue weighted by molar-refractivity contribution is 5.71. The fraction of sp³-hybridized carbons (Fsp3) is 0.0769. The molecule has 0 aliphatic rings. The molecule has 2 nitrogen and oxygen atoms in total. The molecular weight excluding hydrogens is 492 g/mol. The van der Waals surface area contributed by atoms with Gasteiger partial charge in [0.05, 0.1) is 11.1 Å². The van der Waals surface area contributed by atoms with E-state index in [2.05, 4.69) is 9.97 Å². The van der Waals surface area contributed by atoms with Crippen LogP contribution in [0.1, 0.15) is 33.4 Å². The maximum Gasteiger partial charge on any atom is 0.169 e. The zero-order valence-electron chi connectivity index (χ0n) is 18.1. The van der Waals surface area contributed by atoms with Crippen LogP contribution < -0.4 is 0 Å². The molecule has 0 unspecified atom stereocenters. The maximum atomic E-state index is 14.6. The number of aromatic nitrogens is 2. The second-order valence-corrected chi connectivity index (χ2v) is 7.69. The van der Waals surface area contributed by atoms with Crippen molar-refractivity contribution in [2.45, 2.75) is 12.8 Å². The van der Waals surface area contributed by atoms with Crippen LogP contribution in [0, 0.1) is 46.5 Å². The van der Waals surface area contributed by atoms with Gasteiger partial charge in [0, 0.05) is 48.8 Å². The smallest absolute Gasteiger partial charge is 0.169 e. The second kappa shape index (κ2) is 10.3. The number of pyridine rings is 2. The van der Waals surface area contributed by atoms with Gasteiger partial charge < -0.3 is 0 Å². The Morgan fingerprint density at radius 1 is 0.444 bits per heavy atom. The number of hydrogen-bond donors (Lipinski definition) is 0. The first-order chi connectivity index (χ1) is 17.2. The first-order valence-electron chi connectivity index (χ1n) is 10.4. The molecule has 0 N–H and O–H groups in total. The van der Waals surface area contributed by atoms with Gasteiger partial charge in [-0.25, -0.2) is 35.1 Å². The van der Waals surface area contributed by atoms with Gasteiger partial charge in [-0.3, -0.25) is 9.97 Å². The molecule has 0 fully saturated rings. The molecule has 0 amide bonds. The molecule has 10 heteroatoms. The van der Waals surface area contributed by atoms with E-state index < -0.39 is 81.6 Å². The monoisotopic (exact) mass is 506 g/mol. The topological polar surface area (TPSA) is 25.8 Å². The minimum absolute atomic E-state index is 0.302. The van der Waals surface area contributed by atoms with Crippen LogP contribution in [0.25, 0.3) is 12.2 Å². The number of nitrogens with zero attached hydrogens (tertiary/aromatic N) is 2. The average Bonchev–Trinajstić information content (AvgIpc) is 2.89. The summed E-state index contributed by atoms with van der Waals surface area (Å²) in [4.78, 5) is 7.45. The summed E-state index contributed by atoms with van der Waals surface area (Å²) in [6.45, 7) is 0. The van der Waals surface area contributed by atoms with Crippen LogP contribution in [0.5, 0.6) is 0 Å². The highest BCUT2D eigenvalue weighted by Crippen LogP contribution is 2.30. The molecule has 0 aliphatic carbocycles. The Morgan fingerprint density at radius 3 is 1.00 bits per heavy atom. The lowest BCUT2D eigenvalue weighted by atomic mass is 9.99. The standard InChI is InChI=1S/C26H14F8N2/c27-19-15(20(28)24(32)17(23(19)31)11-13-3-7-35-8-4-13)1-2-16-21(29)25(33)18(26(34)22(16)30)12-14-5-9-36-10-6-14/h1-10H,11-12H2/b2-1+. The predicted molar refractivity (Wildman–Crippen MR) is 116 cm³/mol. The normalized spacial score (nSPS) is 11.4. The van der Waals surface area contributed by atoms with Crippen LogP contribution in [0.3, 0.4) is 0 Å². The summed E-state index contributed by atoms with van der Waals surface area (Å²) < 4.78 is 117. The SMILES string of the molecule is Fc1c(F)c(Cc2ccncc2)c(F)c(F)c1/C=C/c1c(F)c(F)c(Cc2ccncc2)c(F)c1F. The molecule has 0 saturated carbocycles. The van der Waals surface area contributed by atoms with Gasteiger partial charge in [-0.1, -0.05) is 0 Å². The van der Waals surface area contributed by atoms with Gasteiger partial charge in [-0.2, -0.15) is 0 Å². The number of halogens is 8. The fourth-order valence-corrected chi connectivity index (χ4v) is 3.57. The van der Waals surface area contributed by atoms with E-state index in [-0.39, 0.29) is 0 Å². The molecule has 36 heavy (non-hydrogen) atoms. The molecule has 4 rings (SSSR count). The molecule has 0 atom stereocenters. The predicted octanol–water partition coefficient (Wildman–Crippen LogP) is 6.94. The van der Waals surface area contributed by atoms with Crippen molar-refractivity contribution in [1.82, 2.24) is 9.97 Å². The van der Waals surface area contributed by atoms with Crippen molar-refractivity contribution < 1.29 is 35.1 Å². The van der Waals surface area contributed by atoms with Crippen molar-refractivity contribution >= 4 is 12.2 Å². The summed E-state index contributed by atoms with van der Waals surface area (Å²) in [5, 5.41) is 0. The quantitative estimate of drug-likeness (QED) is 0.161. The highest BCUT2D eigenvalue weighted by atomic mass is 19.2. The van der Waals surface area contributed by atoms with E-state index >= 15 is 0 Å². The molecule has 184 valence electrons. The van der Waals surface area contributed by atoms with Gasteiger partial charge >= 0.3 is 0 Å². The van der Waals surface area contributed by atoms with Crippen molar-refractivity contribution in [1.29, 1.82) is 0 Å². The van der Waals surface area contributed by atoms with Crippen LogP contribution in [0.4, 0.5) is 35.1 Å². The van der Waals surface area contributed by atoms with E-state index in [1.807, 2.05) is 0 Å². The highest BCUT2D eigenvalue weighted by Gasteiger charge is 2.26. The molecule has 2 aromatic heterocycles. The zero-order valence-corrected chi connectivity index (χ0v) is 18.1. The Kier molecular flexibility index (Phi) is 7.14. The Morgan fingerprint density at radius 2 is 0.722 bits per heavy atom. The van der Waals surface area contributed by atoms with Crippen LogP contribution >= 0.6 is 0 Å². The minimum Gasteiger partial charge on any atom is -0.265 e. The fourth-order valence-electron chi connectivity index (χ4n) is 3.57. The molecule has 0 aliphatic heterocycles. The molecule has 0 saturated heterocycles. The number of hydrogen-bond acceptors (Lipinski definition) is 2.